The average molecular weight is 617 g/mol. The van der Waals surface area contributed by atoms with E-state index in [1.807, 2.05) is 11.3 Å². The Balaban J connectivity index is 1.68. The summed E-state index contributed by atoms with van der Waals surface area (Å²) in [5.74, 6) is 1.24. The molecule has 2 aromatic rings. The number of methoxy groups -OCH3 is 1. The lowest BCUT2D eigenvalue weighted by molar-refractivity contribution is -0.642. The van der Waals surface area contributed by atoms with Crippen LogP contribution in [0.2, 0.25) is 0 Å². The van der Waals surface area contributed by atoms with E-state index in [-0.39, 0.29) is 0 Å². The fourth-order valence-corrected chi connectivity index (χ4v) is 5.93. The largest absolute Gasteiger partial charge is 0.382 e. The van der Waals surface area contributed by atoms with Crippen molar-refractivity contribution in [2.45, 2.75) is 12.8 Å². The molecule has 9 nitrogen and oxygen atoms in total. The summed E-state index contributed by atoms with van der Waals surface area (Å²) in [5.41, 5.74) is 2.47. The SMILES string of the molecule is COCCOCCOCCOCCN1C=C/C(=C\c2sc3ccccc3[n+]2C)C=C1N(CCCN(C)C)CCCN(C)C. The number of hydrogen-bond acceptors (Lipinski definition) is 9. The Morgan fingerprint density at radius 2 is 1.42 bits per heavy atom. The smallest absolute Gasteiger partial charge is 0.263 e. The van der Waals surface area contributed by atoms with Crippen molar-refractivity contribution in [1.82, 2.24) is 19.6 Å². The van der Waals surface area contributed by atoms with Gasteiger partial charge in [0.1, 0.15) is 17.6 Å². The highest BCUT2D eigenvalue weighted by Crippen LogP contribution is 2.26. The summed E-state index contributed by atoms with van der Waals surface area (Å²) in [7, 11) is 12.4. The molecule has 0 spiro atoms. The summed E-state index contributed by atoms with van der Waals surface area (Å²) in [6.45, 7) is 9.02. The lowest BCUT2D eigenvalue weighted by atomic mass is 10.1. The number of aromatic nitrogens is 1. The first-order valence-corrected chi connectivity index (χ1v) is 16.2. The zero-order valence-electron chi connectivity index (χ0n) is 27.3. The number of para-hydroxylation sites is 1. The molecule has 0 saturated carbocycles. The van der Waals surface area contributed by atoms with Gasteiger partial charge in [-0.15, -0.1) is 0 Å². The van der Waals surface area contributed by atoms with Crippen LogP contribution in [0, 0.1) is 0 Å². The van der Waals surface area contributed by atoms with Gasteiger partial charge in [-0.25, -0.2) is 0 Å². The van der Waals surface area contributed by atoms with Crippen LogP contribution in [-0.2, 0) is 26.0 Å². The monoisotopic (exact) mass is 616 g/mol. The van der Waals surface area contributed by atoms with Crippen molar-refractivity contribution in [2.24, 2.45) is 7.05 Å². The summed E-state index contributed by atoms with van der Waals surface area (Å²) < 4.78 is 25.6. The van der Waals surface area contributed by atoms with Gasteiger partial charge < -0.3 is 38.5 Å². The van der Waals surface area contributed by atoms with Crippen LogP contribution in [-0.4, -0.2) is 134 Å². The highest BCUT2D eigenvalue weighted by molar-refractivity contribution is 7.18. The van der Waals surface area contributed by atoms with Gasteiger partial charge >= 0.3 is 0 Å². The van der Waals surface area contributed by atoms with Gasteiger partial charge in [0, 0.05) is 45.1 Å². The van der Waals surface area contributed by atoms with Crippen molar-refractivity contribution >= 4 is 27.6 Å². The lowest BCUT2D eigenvalue weighted by Crippen LogP contribution is -2.38. The zero-order chi connectivity index (χ0) is 30.9. The van der Waals surface area contributed by atoms with E-state index in [4.69, 9.17) is 18.9 Å². The molecule has 0 atom stereocenters. The Bertz CT molecular complexity index is 1150. The summed E-state index contributed by atoms with van der Waals surface area (Å²) in [4.78, 5) is 9.43. The van der Waals surface area contributed by atoms with Gasteiger partial charge in [0.15, 0.2) is 0 Å². The molecule has 1 aromatic carbocycles. The topological polar surface area (TPSA) is 53.8 Å². The number of rotatable bonds is 22. The number of nitrogens with zero attached hydrogens (tertiary/aromatic N) is 5. The Morgan fingerprint density at radius 3 is 2.02 bits per heavy atom. The molecule has 0 N–H and O–H groups in total. The van der Waals surface area contributed by atoms with Crippen molar-refractivity contribution in [1.29, 1.82) is 0 Å². The van der Waals surface area contributed by atoms with Crippen molar-refractivity contribution in [3.63, 3.8) is 0 Å². The molecule has 2 heterocycles. The maximum atomic E-state index is 5.97. The molecule has 10 heteroatoms. The number of allylic oxidation sites excluding steroid dienone is 3. The van der Waals surface area contributed by atoms with E-state index in [1.54, 1.807) is 7.11 Å². The predicted octanol–water partition coefficient (Wildman–Crippen LogP) is 3.68. The third-order valence-electron chi connectivity index (χ3n) is 7.14. The van der Waals surface area contributed by atoms with E-state index in [0.717, 1.165) is 45.6 Å². The average Bonchev–Trinajstić information content (AvgIpc) is 3.30. The van der Waals surface area contributed by atoms with E-state index < -0.39 is 0 Å². The second-order valence-corrected chi connectivity index (χ2v) is 12.3. The van der Waals surface area contributed by atoms with Crippen LogP contribution in [0.3, 0.4) is 0 Å². The molecule has 0 bridgehead atoms. The van der Waals surface area contributed by atoms with E-state index in [0.29, 0.717) is 46.2 Å². The third-order valence-corrected chi connectivity index (χ3v) is 8.31. The number of fused-ring (bicyclic) bond motifs is 1. The van der Waals surface area contributed by atoms with Gasteiger partial charge in [0.2, 0.25) is 5.52 Å². The van der Waals surface area contributed by atoms with Crippen LogP contribution in [0.25, 0.3) is 16.3 Å². The molecule has 0 fully saturated rings. The standard InChI is InChI=1S/C33H54N5O4S/c1-34(2)14-9-16-37(17-10-15-35(3)4)32-27-29(28-33-36(5)30-11-7-8-12-31(30)43-33)13-18-38(32)19-20-40-23-24-42-26-25-41-22-21-39-6/h7-8,11-13,18,27-28H,9-10,14-17,19-26H2,1-6H3/q+1. The highest BCUT2D eigenvalue weighted by atomic mass is 32.1. The molecule has 0 aliphatic carbocycles. The van der Waals surface area contributed by atoms with Crippen LogP contribution in [0.1, 0.15) is 17.8 Å². The third kappa shape index (κ3) is 12.7. The second kappa shape index (κ2) is 19.9. The molecule has 0 amide bonds. The minimum Gasteiger partial charge on any atom is -0.382 e. The molecule has 1 aliphatic heterocycles. The molecular weight excluding hydrogens is 562 g/mol. The molecule has 43 heavy (non-hydrogen) atoms. The van der Waals surface area contributed by atoms with Crippen LogP contribution >= 0.6 is 11.3 Å². The number of benzene rings is 1. The van der Waals surface area contributed by atoms with Crippen molar-refractivity contribution < 1.29 is 23.5 Å². The molecule has 1 aliphatic rings. The van der Waals surface area contributed by atoms with E-state index in [1.165, 1.54) is 26.6 Å². The molecule has 1 aromatic heterocycles. The van der Waals surface area contributed by atoms with Crippen molar-refractivity contribution in [3.8, 4) is 0 Å². The zero-order valence-corrected chi connectivity index (χ0v) is 28.1. The Kier molecular flexibility index (Phi) is 16.2. The fourth-order valence-electron chi connectivity index (χ4n) is 4.82. The summed E-state index contributed by atoms with van der Waals surface area (Å²) >= 11 is 1.83. The van der Waals surface area contributed by atoms with E-state index in [2.05, 4.69) is 108 Å². The minimum absolute atomic E-state index is 0.562. The first kappa shape index (κ1) is 35.2. The number of aryl methyl sites for hydroxylation is 1. The molecule has 0 radical (unpaired) electrons. The Morgan fingerprint density at radius 1 is 0.814 bits per heavy atom. The molecular formula is C33H54N5O4S+. The van der Waals surface area contributed by atoms with Crippen molar-refractivity contribution in [2.75, 3.05) is 114 Å². The van der Waals surface area contributed by atoms with E-state index in [9.17, 15) is 0 Å². The minimum atomic E-state index is 0.562. The maximum absolute atomic E-state index is 5.97. The lowest BCUT2D eigenvalue weighted by Gasteiger charge is -2.36. The quantitative estimate of drug-likeness (QED) is 0.147. The second-order valence-electron chi connectivity index (χ2n) is 11.3. The summed E-state index contributed by atoms with van der Waals surface area (Å²) in [5, 5.41) is 1.24. The van der Waals surface area contributed by atoms with Crippen LogP contribution in [0.15, 0.2) is 54.0 Å². The van der Waals surface area contributed by atoms with Crippen LogP contribution in [0.5, 0.6) is 0 Å². The number of thiazole rings is 1. The predicted molar refractivity (Wildman–Crippen MR) is 177 cm³/mol. The first-order chi connectivity index (χ1) is 20.9. The maximum Gasteiger partial charge on any atom is 0.263 e. The molecule has 0 saturated heterocycles. The molecule has 0 unspecified atom stereocenters. The first-order valence-electron chi connectivity index (χ1n) is 15.4. The van der Waals surface area contributed by atoms with Gasteiger partial charge in [0.05, 0.1) is 46.2 Å². The summed E-state index contributed by atoms with van der Waals surface area (Å²) in [6.07, 6.45) is 11.3. The van der Waals surface area contributed by atoms with E-state index >= 15 is 0 Å². The van der Waals surface area contributed by atoms with Gasteiger partial charge in [-0.05, 0) is 77.9 Å². The normalized spacial score (nSPS) is 14.6. The molecule has 240 valence electrons. The van der Waals surface area contributed by atoms with Gasteiger partial charge in [-0.3, -0.25) is 0 Å². The van der Waals surface area contributed by atoms with Gasteiger partial charge in [-0.1, -0.05) is 23.5 Å². The van der Waals surface area contributed by atoms with Gasteiger partial charge in [-0.2, -0.15) is 4.57 Å². The summed E-state index contributed by atoms with van der Waals surface area (Å²) in [6, 6.07) is 8.60. The van der Waals surface area contributed by atoms with Crippen LogP contribution < -0.4 is 4.57 Å². The number of ether oxygens (including phenoxy) is 4. The number of hydrogen-bond donors (Lipinski definition) is 0. The molecule has 3 rings (SSSR count). The van der Waals surface area contributed by atoms with Crippen molar-refractivity contribution in [3.05, 3.63) is 59.0 Å². The fraction of sp³-hybridized carbons (Fsp3) is 0.606. The Labute approximate surface area is 263 Å². The Hall–Kier alpha value is -2.31. The van der Waals surface area contributed by atoms with Crippen LogP contribution in [0.4, 0.5) is 0 Å². The van der Waals surface area contributed by atoms with Gasteiger partial charge in [0.25, 0.3) is 5.01 Å². The highest BCUT2D eigenvalue weighted by Gasteiger charge is 2.21.